The molecule has 156 valence electrons. The maximum Gasteiger partial charge on any atom is 0.228 e. The molecule has 0 aromatic heterocycles. The smallest absolute Gasteiger partial charge is 0.228 e. The number of amides is 2. The zero-order valence-corrected chi connectivity index (χ0v) is 17.1. The second-order valence-corrected chi connectivity index (χ2v) is 8.38. The van der Waals surface area contributed by atoms with E-state index in [2.05, 4.69) is 11.9 Å². The van der Waals surface area contributed by atoms with Crippen LogP contribution in [0.4, 0.5) is 4.39 Å². The maximum atomic E-state index is 14.5. The average molecular weight is 407 g/mol. The first-order valence-electron chi connectivity index (χ1n) is 10.5. The van der Waals surface area contributed by atoms with E-state index in [9.17, 15) is 14.0 Å². The number of carbonyl (C=O) groups excluding carboxylic acids is 2. The highest BCUT2D eigenvalue weighted by Gasteiger charge is 2.48. The Labute approximate surface area is 176 Å². The molecule has 1 aliphatic carbocycles. The fourth-order valence-corrected chi connectivity index (χ4v) is 4.39. The Bertz CT molecular complexity index is 969. The molecule has 2 aromatic carbocycles. The standard InChI is InChI=1S/C25H27FN2O2/c1-2-14-27-24(30)25(13-15-28(17-25)23(29)18-11-12-18)16-19-7-3-4-8-20(19)21-9-5-6-10-22(21)26/h2-10,18H,1,11-17H2,(H,27,30). The zero-order valence-electron chi connectivity index (χ0n) is 17.1. The van der Waals surface area contributed by atoms with Crippen LogP contribution in [0.2, 0.25) is 0 Å². The molecule has 5 heteroatoms. The van der Waals surface area contributed by atoms with Gasteiger partial charge in [0.05, 0.1) is 5.41 Å². The van der Waals surface area contributed by atoms with Gasteiger partial charge in [0.25, 0.3) is 0 Å². The van der Waals surface area contributed by atoms with E-state index in [0.29, 0.717) is 38.0 Å². The first-order valence-corrected chi connectivity index (χ1v) is 10.5. The molecule has 2 aliphatic rings. The zero-order chi connectivity index (χ0) is 21.1. The molecule has 1 atom stereocenters. The quantitative estimate of drug-likeness (QED) is 0.708. The van der Waals surface area contributed by atoms with Crippen molar-refractivity contribution in [1.29, 1.82) is 0 Å². The van der Waals surface area contributed by atoms with E-state index in [1.807, 2.05) is 35.2 Å². The van der Waals surface area contributed by atoms with Crippen LogP contribution >= 0.6 is 0 Å². The topological polar surface area (TPSA) is 49.4 Å². The van der Waals surface area contributed by atoms with E-state index in [0.717, 1.165) is 24.0 Å². The number of likely N-dealkylation sites (tertiary alicyclic amines) is 1. The molecule has 4 nitrogen and oxygen atoms in total. The molecule has 4 rings (SSSR count). The number of hydrogen-bond acceptors (Lipinski definition) is 2. The second kappa shape index (κ2) is 8.42. The molecule has 1 aliphatic heterocycles. The number of halogens is 1. The molecule has 1 saturated carbocycles. The Morgan fingerprint density at radius 3 is 2.53 bits per heavy atom. The number of hydrogen-bond donors (Lipinski definition) is 1. The maximum absolute atomic E-state index is 14.5. The summed E-state index contributed by atoms with van der Waals surface area (Å²) in [5.41, 5.74) is 1.50. The lowest BCUT2D eigenvalue weighted by Crippen LogP contribution is -2.45. The van der Waals surface area contributed by atoms with Crippen molar-refractivity contribution in [2.45, 2.75) is 25.7 Å². The van der Waals surface area contributed by atoms with Gasteiger partial charge >= 0.3 is 0 Å². The van der Waals surface area contributed by atoms with Gasteiger partial charge in [-0.1, -0.05) is 48.5 Å². The van der Waals surface area contributed by atoms with Gasteiger partial charge in [0.15, 0.2) is 0 Å². The fourth-order valence-electron chi connectivity index (χ4n) is 4.39. The highest BCUT2D eigenvalue weighted by molar-refractivity contribution is 5.87. The van der Waals surface area contributed by atoms with Gasteiger partial charge in [0.2, 0.25) is 11.8 Å². The van der Waals surface area contributed by atoms with Gasteiger partial charge in [-0.3, -0.25) is 9.59 Å². The summed E-state index contributed by atoms with van der Waals surface area (Å²) in [5.74, 6) is -0.0672. The molecule has 0 spiro atoms. The van der Waals surface area contributed by atoms with E-state index >= 15 is 0 Å². The number of rotatable bonds is 7. The molecule has 1 unspecified atom stereocenters. The fraction of sp³-hybridized carbons (Fsp3) is 0.360. The minimum atomic E-state index is -0.727. The first-order chi connectivity index (χ1) is 14.5. The third kappa shape index (κ3) is 4.02. The molecule has 1 saturated heterocycles. The number of carbonyl (C=O) groups is 2. The van der Waals surface area contributed by atoms with Crippen molar-refractivity contribution in [3.63, 3.8) is 0 Å². The van der Waals surface area contributed by atoms with Crippen molar-refractivity contribution in [2.24, 2.45) is 11.3 Å². The van der Waals surface area contributed by atoms with Gasteiger partial charge in [-0.25, -0.2) is 4.39 Å². The molecular formula is C25H27FN2O2. The highest BCUT2D eigenvalue weighted by Crippen LogP contribution is 2.40. The SMILES string of the molecule is C=CCNC(=O)C1(Cc2ccccc2-c2ccccc2F)CCN(C(=O)C2CC2)C1. The van der Waals surface area contributed by atoms with Gasteiger partial charge in [0, 0.05) is 31.1 Å². The van der Waals surface area contributed by atoms with Crippen LogP contribution in [0.3, 0.4) is 0 Å². The van der Waals surface area contributed by atoms with Crippen LogP contribution in [0.5, 0.6) is 0 Å². The monoisotopic (exact) mass is 406 g/mol. The van der Waals surface area contributed by atoms with Crippen LogP contribution in [0.1, 0.15) is 24.8 Å². The Kier molecular flexibility index (Phi) is 5.71. The number of benzene rings is 2. The summed E-state index contributed by atoms with van der Waals surface area (Å²) >= 11 is 0. The first kappa shape index (κ1) is 20.3. The van der Waals surface area contributed by atoms with E-state index in [4.69, 9.17) is 0 Å². The van der Waals surface area contributed by atoms with E-state index in [1.165, 1.54) is 6.07 Å². The molecule has 2 amide bonds. The van der Waals surface area contributed by atoms with Crippen LogP contribution in [0.25, 0.3) is 11.1 Å². The molecule has 0 bridgehead atoms. The molecule has 1 heterocycles. The Balaban J connectivity index is 1.66. The lowest BCUT2D eigenvalue weighted by molar-refractivity contribution is -0.134. The van der Waals surface area contributed by atoms with Crippen LogP contribution in [-0.2, 0) is 16.0 Å². The summed E-state index contributed by atoms with van der Waals surface area (Å²) in [6.45, 7) is 5.05. The molecular weight excluding hydrogens is 379 g/mol. The molecule has 1 N–H and O–H groups in total. The third-order valence-electron chi connectivity index (χ3n) is 6.19. The summed E-state index contributed by atoms with van der Waals surface area (Å²) in [4.78, 5) is 27.7. The van der Waals surface area contributed by atoms with Crippen molar-refractivity contribution in [2.75, 3.05) is 19.6 Å². The summed E-state index contributed by atoms with van der Waals surface area (Å²) in [6.07, 6.45) is 4.60. The largest absolute Gasteiger partial charge is 0.352 e. The van der Waals surface area contributed by atoms with E-state index in [-0.39, 0.29) is 23.5 Å². The van der Waals surface area contributed by atoms with Crippen LogP contribution in [-0.4, -0.2) is 36.3 Å². The van der Waals surface area contributed by atoms with Gasteiger partial charge < -0.3 is 10.2 Å². The predicted octanol–water partition coefficient (Wildman–Crippen LogP) is 3.97. The number of nitrogens with one attached hydrogen (secondary N) is 1. The summed E-state index contributed by atoms with van der Waals surface area (Å²) in [6, 6.07) is 14.3. The molecule has 2 fully saturated rings. The van der Waals surface area contributed by atoms with Crippen molar-refractivity contribution >= 4 is 11.8 Å². The van der Waals surface area contributed by atoms with Gasteiger partial charge in [-0.15, -0.1) is 6.58 Å². The van der Waals surface area contributed by atoms with Crippen molar-refractivity contribution in [3.05, 3.63) is 72.6 Å². The Hall–Kier alpha value is -2.95. The summed E-state index contributed by atoms with van der Waals surface area (Å²) < 4.78 is 14.5. The Morgan fingerprint density at radius 2 is 1.83 bits per heavy atom. The van der Waals surface area contributed by atoms with E-state index < -0.39 is 5.41 Å². The predicted molar refractivity (Wildman–Crippen MR) is 115 cm³/mol. The van der Waals surface area contributed by atoms with Crippen molar-refractivity contribution < 1.29 is 14.0 Å². The van der Waals surface area contributed by atoms with Gasteiger partial charge in [-0.05, 0) is 42.9 Å². The minimum Gasteiger partial charge on any atom is -0.352 e. The molecule has 2 aromatic rings. The third-order valence-corrected chi connectivity index (χ3v) is 6.19. The Morgan fingerprint density at radius 1 is 1.13 bits per heavy atom. The summed E-state index contributed by atoms with van der Waals surface area (Å²) in [5, 5.41) is 2.94. The normalized spacial score (nSPS) is 20.8. The van der Waals surface area contributed by atoms with Crippen LogP contribution in [0, 0.1) is 17.2 Å². The van der Waals surface area contributed by atoms with E-state index in [1.54, 1.807) is 18.2 Å². The lowest BCUT2D eigenvalue weighted by Gasteiger charge is -2.29. The van der Waals surface area contributed by atoms with Gasteiger partial charge in [0.1, 0.15) is 5.82 Å². The molecule has 0 radical (unpaired) electrons. The second-order valence-electron chi connectivity index (χ2n) is 8.38. The molecule has 30 heavy (non-hydrogen) atoms. The number of nitrogens with zero attached hydrogens (tertiary/aromatic N) is 1. The highest BCUT2D eigenvalue weighted by atomic mass is 19.1. The van der Waals surface area contributed by atoms with Crippen LogP contribution < -0.4 is 5.32 Å². The summed E-state index contributed by atoms with van der Waals surface area (Å²) in [7, 11) is 0. The lowest BCUT2D eigenvalue weighted by atomic mass is 9.78. The van der Waals surface area contributed by atoms with Crippen molar-refractivity contribution in [3.8, 4) is 11.1 Å². The van der Waals surface area contributed by atoms with Gasteiger partial charge in [-0.2, -0.15) is 0 Å². The van der Waals surface area contributed by atoms with Crippen LogP contribution in [0.15, 0.2) is 61.2 Å². The van der Waals surface area contributed by atoms with Crippen molar-refractivity contribution in [1.82, 2.24) is 10.2 Å². The minimum absolute atomic E-state index is 0.0724. The average Bonchev–Trinajstić information content (AvgIpc) is 3.52.